The lowest BCUT2D eigenvalue weighted by Crippen LogP contribution is -2.41. The Kier molecular flexibility index (Phi) is 5.15. The quantitative estimate of drug-likeness (QED) is 0.281. The highest BCUT2D eigenvalue weighted by Gasteiger charge is 2.48. The van der Waals surface area contributed by atoms with E-state index in [-0.39, 0.29) is 11.3 Å². The van der Waals surface area contributed by atoms with Crippen LogP contribution in [0.5, 0.6) is 11.5 Å². The van der Waals surface area contributed by atoms with Gasteiger partial charge >= 0.3 is 0 Å². The van der Waals surface area contributed by atoms with Gasteiger partial charge in [-0.1, -0.05) is 71.7 Å². The van der Waals surface area contributed by atoms with Crippen LogP contribution in [0.15, 0.2) is 84.9 Å². The number of allylic oxidation sites excluding steroid dienone is 1. The van der Waals surface area contributed by atoms with E-state index in [2.05, 4.69) is 56.4 Å². The van der Waals surface area contributed by atoms with Crippen molar-refractivity contribution in [2.45, 2.75) is 31.9 Å². The summed E-state index contributed by atoms with van der Waals surface area (Å²) >= 11 is 13.2. The van der Waals surface area contributed by atoms with Crippen molar-refractivity contribution in [2.75, 3.05) is 5.32 Å². The maximum atomic E-state index is 11.0. The molecule has 4 aromatic carbocycles. The molecule has 1 atom stereocenters. The van der Waals surface area contributed by atoms with E-state index in [9.17, 15) is 5.11 Å². The summed E-state index contributed by atoms with van der Waals surface area (Å²) in [6.45, 7) is 6.43. The predicted octanol–water partition coefficient (Wildman–Crippen LogP) is 8.66. The molecule has 0 radical (unpaired) electrons. The third-order valence-electron chi connectivity index (χ3n) is 6.97. The van der Waals surface area contributed by atoms with Crippen LogP contribution in [0.3, 0.4) is 0 Å². The van der Waals surface area contributed by atoms with Crippen molar-refractivity contribution in [3.05, 3.63) is 117 Å². The number of benzene rings is 4. The number of halogens is 2. The second kappa shape index (κ2) is 8.06. The molecule has 0 aliphatic carbocycles. The molecular weight excluding hydrogens is 489 g/mol. The number of nitrogens with one attached hydrogen (secondary N) is 1. The largest absolute Gasteiger partial charge is 0.507 e. The predicted molar refractivity (Wildman–Crippen MR) is 148 cm³/mol. The number of anilines is 1. The molecule has 4 aromatic rings. The van der Waals surface area contributed by atoms with Crippen LogP contribution in [-0.2, 0) is 5.60 Å². The summed E-state index contributed by atoms with van der Waals surface area (Å²) in [5, 5.41) is 15.7. The summed E-state index contributed by atoms with van der Waals surface area (Å²) < 4.78 is 7.04. The van der Waals surface area contributed by atoms with E-state index >= 15 is 0 Å². The Morgan fingerprint density at radius 1 is 0.806 bits per heavy atom. The number of phenols is 1. The first-order valence-corrected chi connectivity index (χ1v) is 12.6. The van der Waals surface area contributed by atoms with Gasteiger partial charge in [0.1, 0.15) is 11.5 Å². The number of aromatic hydroxyl groups is 1. The third kappa shape index (κ3) is 3.42. The van der Waals surface area contributed by atoms with Crippen molar-refractivity contribution in [2.24, 2.45) is 0 Å². The summed E-state index contributed by atoms with van der Waals surface area (Å²) in [7, 11) is 0. The number of rotatable bonds is 2. The van der Waals surface area contributed by atoms with E-state index in [0.29, 0.717) is 21.4 Å². The van der Waals surface area contributed by atoms with Gasteiger partial charge in [0.25, 0.3) is 0 Å². The molecule has 36 heavy (non-hydrogen) atoms. The van der Waals surface area contributed by atoms with Crippen molar-refractivity contribution < 1.29 is 9.84 Å². The van der Waals surface area contributed by atoms with Gasteiger partial charge in [-0.2, -0.15) is 0 Å². The first-order chi connectivity index (χ1) is 17.2. The minimum absolute atomic E-state index is 0.171. The van der Waals surface area contributed by atoms with Crippen LogP contribution in [-0.4, -0.2) is 10.6 Å². The van der Waals surface area contributed by atoms with Crippen molar-refractivity contribution in [1.29, 1.82) is 0 Å². The molecule has 3 nitrogen and oxygen atoms in total. The van der Waals surface area contributed by atoms with Gasteiger partial charge in [-0.25, -0.2) is 0 Å². The zero-order chi connectivity index (χ0) is 25.2. The molecule has 0 amide bonds. The Morgan fingerprint density at radius 2 is 1.53 bits per heavy atom. The molecule has 6 rings (SSSR count). The number of ether oxygens (including phenoxy) is 1. The molecule has 0 bridgehead atoms. The van der Waals surface area contributed by atoms with Gasteiger partial charge < -0.3 is 15.2 Å². The molecule has 0 saturated heterocycles. The third-order valence-corrected chi connectivity index (χ3v) is 7.41. The monoisotopic (exact) mass is 513 g/mol. The van der Waals surface area contributed by atoms with Crippen LogP contribution >= 0.6 is 23.2 Å². The van der Waals surface area contributed by atoms with Crippen molar-refractivity contribution in [1.82, 2.24) is 0 Å². The van der Waals surface area contributed by atoms with Crippen LogP contribution in [0.2, 0.25) is 10.0 Å². The molecule has 2 heterocycles. The molecule has 2 aliphatic heterocycles. The Morgan fingerprint density at radius 3 is 2.25 bits per heavy atom. The lowest BCUT2D eigenvalue weighted by molar-refractivity contribution is 0.151. The second-order valence-corrected chi connectivity index (χ2v) is 10.9. The Bertz CT molecular complexity index is 1540. The minimum Gasteiger partial charge on any atom is -0.507 e. The number of fused-ring (bicyclic) bond motifs is 5. The van der Waals surface area contributed by atoms with Crippen LogP contribution < -0.4 is 10.1 Å². The fourth-order valence-corrected chi connectivity index (χ4v) is 6.31. The van der Waals surface area contributed by atoms with Crippen LogP contribution in [0.25, 0.3) is 16.7 Å². The lowest BCUT2D eigenvalue weighted by atomic mass is 9.70. The summed E-state index contributed by atoms with van der Waals surface area (Å²) in [5.74, 6) is 0.762. The minimum atomic E-state index is -1.07. The van der Waals surface area contributed by atoms with E-state index in [0.717, 1.165) is 39.1 Å². The van der Waals surface area contributed by atoms with Gasteiger partial charge in [0, 0.05) is 38.0 Å². The number of phenolic OH excluding ortho intramolecular Hbond substituents is 1. The molecule has 1 unspecified atom stereocenters. The van der Waals surface area contributed by atoms with Gasteiger partial charge in [-0.3, -0.25) is 0 Å². The Hall–Kier alpha value is -3.40. The van der Waals surface area contributed by atoms with Crippen molar-refractivity contribution in [3.8, 4) is 22.6 Å². The average molecular weight is 514 g/mol. The second-order valence-electron chi connectivity index (χ2n) is 10.0. The molecule has 0 saturated carbocycles. The van der Waals surface area contributed by atoms with E-state index in [1.165, 1.54) is 0 Å². The van der Waals surface area contributed by atoms with Gasteiger partial charge in [-0.15, -0.1) is 0 Å². The maximum absolute atomic E-state index is 11.0. The summed E-state index contributed by atoms with van der Waals surface area (Å²) in [5.41, 5.74) is 6.16. The SMILES string of the molecule is CC1=CC(C)(C)Nc2ccc3c(c21)C(c1ccccc1)(c1cc(Cl)cc(Cl)c1)Oc1cccc(O)c1-3. The van der Waals surface area contributed by atoms with E-state index in [1.54, 1.807) is 18.2 Å². The van der Waals surface area contributed by atoms with E-state index in [4.69, 9.17) is 27.9 Å². The fourth-order valence-electron chi connectivity index (χ4n) is 5.78. The number of hydrogen-bond acceptors (Lipinski definition) is 3. The first kappa shape index (κ1) is 23.0. The Labute approximate surface area is 221 Å². The standard InChI is InChI=1S/C31H25Cl2NO2/c1-18-17-30(2,3)34-24-13-12-23-28-25(35)10-7-11-26(28)36-31(29(23)27(18)24,19-8-5-4-6-9-19)20-14-21(32)16-22(33)15-20/h4-17,34-35H,1-3H3. The first-order valence-electron chi connectivity index (χ1n) is 11.9. The Balaban J connectivity index is 1.82. The number of hydrogen-bond donors (Lipinski definition) is 2. The highest BCUT2D eigenvalue weighted by atomic mass is 35.5. The van der Waals surface area contributed by atoms with Gasteiger partial charge in [0.15, 0.2) is 5.60 Å². The topological polar surface area (TPSA) is 41.5 Å². The molecular formula is C31H25Cl2NO2. The van der Waals surface area contributed by atoms with Crippen LogP contribution in [0.1, 0.15) is 43.0 Å². The van der Waals surface area contributed by atoms with E-state index < -0.39 is 5.60 Å². The molecule has 0 fully saturated rings. The van der Waals surface area contributed by atoms with Crippen LogP contribution in [0, 0.1) is 0 Å². The van der Waals surface area contributed by atoms with Gasteiger partial charge in [-0.05, 0) is 68.3 Å². The van der Waals surface area contributed by atoms with Gasteiger partial charge in [0.05, 0.1) is 11.1 Å². The summed E-state index contributed by atoms with van der Waals surface area (Å²) in [6.07, 6.45) is 2.23. The van der Waals surface area contributed by atoms with Crippen molar-refractivity contribution in [3.63, 3.8) is 0 Å². The molecule has 0 aromatic heterocycles. The summed E-state index contributed by atoms with van der Waals surface area (Å²) in [6, 6.07) is 25.2. The zero-order valence-corrected chi connectivity index (χ0v) is 21.7. The highest BCUT2D eigenvalue weighted by Crippen LogP contribution is 2.57. The lowest BCUT2D eigenvalue weighted by Gasteiger charge is -2.44. The molecule has 180 valence electrons. The normalized spacial score (nSPS) is 19.2. The molecule has 0 spiro atoms. The van der Waals surface area contributed by atoms with Crippen molar-refractivity contribution >= 4 is 34.5 Å². The van der Waals surface area contributed by atoms with Crippen LogP contribution in [0.4, 0.5) is 5.69 Å². The summed E-state index contributed by atoms with van der Waals surface area (Å²) in [4.78, 5) is 0. The fraction of sp³-hybridized carbons (Fsp3) is 0.161. The zero-order valence-electron chi connectivity index (χ0n) is 20.2. The maximum Gasteiger partial charge on any atom is 0.186 e. The molecule has 5 heteroatoms. The van der Waals surface area contributed by atoms with Gasteiger partial charge in [0.2, 0.25) is 0 Å². The van der Waals surface area contributed by atoms with E-state index in [1.807, 2.05) is 36.4 Å². The molecule has 2 N–H and O–H groups in total. The smallest absolute Gasteiger partial charge is 0.186 e. The average Bonchev–Trinajstić information content (AvgIpc) is 2.82. The molecule has 2 aliphatic rings. The highest BCUT2D eigenvalue weighted by molar-refractivity contribution is 6.34.